The number of alkyl halides is 3. The van der Waals surface area contributed by atoms with Crippen LogP contribution >= 0.6 is 0 Å². The van der Waals surface area contributed by atoms with Crippen LogP contribution in [0.25, 0.3) is 0 Å². The fourth-order valence-electron chi connectivity index (χ4n) is 1.17. The molecule has 14 heavy (non-hydrogen) atoms. The molecule has 0 saturated heterocycles. The summed E-state index contributed by atoms with van der Waals surface area (Å²) in [6.07, 6.45) is -1.88. The van der Waals surface area contributed by atoms with E-state index in [9.17, 15) is 13.2 Å². The van der Waals surface area contributed by atoms with Crippen molar-refractivity contribution >= 4 is 0 Å². The van der Waals surface area contributed by atoms with Crippen molar-refractivity contribution in [2.75, 3.05) is 7.11 Å². The van der Waals surface area contributed by atoms with Crippen molar-refractivity contribution < 1.29 is 22.9 Å². The number of hydrogen-bond donors (Lipinski definition) is 0. The molecule has 5 heteroatoms. The predicted molar refractivity (Wildman–Crippen MR) is 44.1 cm³/mol. The van der Waals surface area contributed by atoms with Crippen LogP contribution in [0.5, 0.6) is 0 Å². The minimum absolute atomic E-state index is 0.0824. The van der Waals surface area contributed by atoms with Crippen LogP contribution < -0.4 is 0 Å². The van der Waals surface area contributed by atoms with Gasteiger partial charge in [-0.25, -0.2) is 0 Å². The molecule has 0 aromatic carbocycles. The second kappa shape index (κ2) is 4.04. The van der Waals surface area contributed by atoms with Crippen molar-refractivity contribution in [3.63, 3.8) is 0 Å². The quantitative estimate of drug-likeness (QED) is 0.513. The molecule has 1 aliphatic rings. The van der Waals surface area contributed by atoms with Gasteiger partial charge in [0, 0.05) is 5.92 Å². The van der Waals surface area contributed by atoms with Gasteiger partial charge in [0.2, 0.25) is 0 Å². The van der Waals surface area contributed by atoms with Crippen LogP contribution in [-0.2, 0) is 9.78 Å². The minimum atomic E-state index is -4.32. The topological polar surface area (TPSA) is 18.5 Å². The Balaban J connectivity index is 2.83. The highest BCUT2D eigenvalue weighted by Gasteiger charge is 2.34. The fraction of sp³-hybridized carbons (Fsp3) is 0.556. The Labute approximate surface area is 79.9 Å². The molecule has 0 aliphatic heterocycles. The maximum absolute atomic E-state index is 12.3. The molecule has 0 radical (unpaired) electrons. The molecule has 0 amide bonds. The molecule has 1 aliphatic carbocycles. The third-order valence-electron chi connectivity index (χ3n) is 1.98. The van der Waals surface area contributed by atoms with Gasteiger partial charge in [-0.3, -0.25) is 0 Å². The van der Waals surface area contributed by atoms with Crippen molar-refractivity contribution in [1.82, 2.24) is 0 Å². The largest absolute Gasteiger partial charge is 0.416 e. The van der Waals surface area contributed by atoms with Gasteiger partial charge in [-0.2, -0.15) is 18.1 Å². The van der Waals surface area contributed by atoms with E-state index < -0.39 is 11.7 Å². The lowest BCUT2D eigenvalue weighted by atomic mass is 9.96. The van der Waals surface area contributed by atoms with Crippen molar-refractivity contribution in [1.29, 1.82) is 0 Å². The molecule has 0 aromatic heterocycles. The summed E-state index contributed by atoms with van der Waals surface area (Å²) in [5, 5.41) is 0. The highest BCUT2D eigenvalue weighted by atomic mass is 19.4. The van der Waals surface area contributed by atoms with E-state index in [1.54, 1.807) is 6.92 Å². The number of hydrogen-bond acceptors (Lipinski definition) is 2. The maximum atomic E-state index is 12.3. The Morgan fingerprint density at radius 1 is 1.43 bits per heavy atom. The molecule has 0 fully saturated rings. The summed E-state index contributed by atoms with van der Waals surface area (Å²) in [5.74, 6) is 0.128. The van der Waals surface area contributed by atoms with Crippen LogP contribution in [0.1, 0.15) is 13.3 Å². The number of halogens is 3. The summed E-state index contributed by atoms with van der Waals surface area (Å²) in [4.78, 5) is 8.99. The van der Waals surface area contributed by atoms with E-state index >= 15 is 0 Å². The Bertz CT molecular complexity index is 266. The lowest BCUT2D eigenvalue weighted by Crippen LogP contribution is -2.16. The third-order valence-corrected chi connectivity index (χ3v) is 1.98. The third kappa shape index (κ3) is 2.51. The summed E-state index contributed by atoms with van der Waals surface area (Å²) in [6, 6.07) is 0. The summed E-state index contributed by atoms with van der Waals surface area (Å²) in [6.45, 7) is 1.77. The summed E-state index contributed by atoms with van der Waals surface area (Å²) in [7, 11) is 1.26. The van der Waals surface area contributed by atoms with Crippen molar-refractivity contribution in [3.8, 4) is 0 Å². The number of rotatable bonds is 2. The summed E-state index contributed by atoms with van der Waals surface area (Å²) in [5.41, 5.74) is -0.678. The lowest BCUT2D eigenvalue weighted by molar-refractivity contribution is -0.244. The molecule has 2 nitrogen and oxygen atoms in total. The zero-order valence-corrected chi connectivity index (χ0v) is 7.89. The Hall–Kier alpha value is -0.970. The van der Waals surface area contributed by atoms with E-state index in [0.717, 1.165) is 12.2 Å². The second-order valence-corrected chi connectivity index (χ2v) is 3.09. The average molecular weight is 208 g/mol. The van der Waals surface area contributed by atoms with Gasteiger partial charge >= 0.3 is 6.18 Å². The van der Waals surface area contributed by atoms with E-state index in [-0.39, 0.29) is 11.7 Å². The first-order valence-corrected chi connectivity index (χ1v) is 4.14. The highest BCUT2D eigenvalue weighted by molar-refractivity contribution is 5.30. The smallest absolute Gasteiger partial charge is 0.342 e. The van der Waals surface area contributed by atoms with Crippen LogP contribution in [0, 0.1) is 5.92 Å². The van der Waals surface area contributed by atoms with Gasteiger partial charge in [0.1, 0.15) is 5.76 Å². The molecule has 0 spiro atoms. The molecule has 80 valence electrons. The molecule has 0 bridgehead atoms. The normalized spacial score (nSPS) is 22.8. The molecular formula is C9H11F3O2. The molecule has 0 N–H and O–H groups in total. The molecule has 1 rings (SSSR count). The average Bonchev–Trinajstić information content (AvgIpc) is 2.07. The van der Waals surface area contributed by atoms with E-state index in [1.807, 2.05) is 0 Å². The highest BCUT2D eigenvalue weighted by Crippen LogP contribution is 2.34. The van der Waals surface area contributed by atoms with Crippen LogP contribution in [0.3, 0.4) is 0 Å². The number of allylic oxidation sites excluding steroid dienone is 4. The molecular weight excluding hydrogens is 197 g/mol. The predicted octanol–water partition coefficient (Wildman–Crippen LogP) is 2.98. The second-order valence-electron chi connectivity index (χ2n) is 3.09. The van der Waals surface area contributed by atoms with E-state index in [0.29, 0.717) is 6.42 Å². The molecule has 1 atom stereocenters. The fourth-order valence-corrected chi connectivity index (χ4v) is 1.17. The standard InChI is InChI=1S/C9H11F3O2/c1-6-3-4-7(9(10,11)12)5-8(6)14-13-2/h4-6H,3H2,1-2H3. The summed E-state index contributed by atoms with van der Waals surface area (Å²) < 4.78 is 36.8. The van der Waals surface area contributed by atoms with Crippen LogP contribution in [-0.4, -0.2) is 13.3 Å². The van der Waals surface area contributed by atoms with Crippen molar-refractivity contribution in [2.45, 2.75) is 19.5 Å². The van der Waals surface area contributed by atoms with Crippen LogP contribution in [0.15, 0.2) is 23.5 Å². The van der Waals surface area contributed by atoms with Gasteiger partial charge in [0.25, 0.3) is 0 Å². The first kappa shape index (κ1) is 11.1. The van der Waals surface area contributed by atoms with Gasteiger partial charge in [-0.1, -0.05) is 13.0 Å². The summed E-state index contributed by atoms with van der Waals surface area (Å²) >= 11 is 0. The van der Waals surface area contributed by atoms with Gasteiger partial charge in [0.15, 0.2) is 0 Å². The van der Waals surface area contributed by atoms with Gasteiger partial charge in [0.05, 0.1) is 12.7 Å². The maximum Gasteiger partial charge on any atom is 0.416 e. The molecule has 0 saturated carbocycles. The molecule has 1 unspecified atom stereocenters. The van der Waals surface area contributed by atoms with E-state index in [2.05, 4.69) is 9.78 Å². The van der Waals surface area contributed by atoms with E-state index in [4.69, 9.17) is 0 Å². The Kier molecular flexibility index (Phi) is 3.21. The van der Waals surface area contributed by atoms with Gasteiger partial charge in [-0.05, 0) is 12.5 Å². The first-order valence-electron chi connectivity index (χ1n) is 4.14. The monoisotopic (exact) mass is 208 g/mol. The zero-order valence-electron chi connectivity index (χ0n) is 7.89. The lowest BCUT2D eigenvalue weighted by Gasteiger charge is -2.19. The van der Waals surface area contributed by atoms with Crippen molar-refractivity contribution in [3.05, 3.63) is 23.5 Å². The van der Waals surface area contributed by atoms with Gasteiger partial charge < -0.3 is 4.89 Å². The zero-order chi connectivity index (χ0) is 10.8. The van der Waals surface area contributed by atoms with Crippen LogP contribution in [0.4, 0.5) is 13.2 Å². The first-order chi connectivity index (χ1) is 6.45. The van der Waals surface area contributed by atoms with Crippen LogP contribution in [0.2, 0.25) is 0 Å². The molecule has 0 heterocycles. The van der Waals surface area contributed by atoms with Gasteiger partial charge in [-0.15, -0.1) is 0 Å². The Morgan fingerprint density at radius 3 is 2.57 bits per heavy atom. The minimum Gasteiger partial charge on any atom is -0.342 e. The van der Waals surface area contributed by atoms with E-state index in [1.165, 1.54) is 7.11 Å². The Morgan fingerprint density at radius 2 is 2.07 bits per heavy atom. The van der Waals surface area contributed by atoms with Crippen molar-refractivity contribution in [2.24, 2.45) is 5.92 Å². The molecule has 0 aromatic rings. The SMILES string of the molecule is COOC1=CC(C(F)(F)F)=CCC1C.